The van der Waals surface area contributed by atoms with Crippen LogP contribution in [0.25, 0.3) is 153 Å². The lowest BCUT2D eigenvalue weighted by Crippen LogP contribution is -2.03. The summed E-state index contributed by atoms with van der Waals surface area (Å²) in [6.07, 6.45) is 0. The van der Waals surface area contributed by atoms with Crippen molar-refractivity contribution in [3.05, 3.63) is 243 Å². The van der Waals surface area contributed by atoms with E-state index in [0.29, 0.717) is 11.9 Å². The van der Waals surface area contributed by atoms with Crippen LogP contribution in [0.4, 0.5) is 0 Å². The van der Waals surface area contributed by atoms with Crippen LogP contribution in [0.2, 0.25) is 0 Å². The maximum Gasteiger partial charge on any atom is 0.235 e. The van der Waals surface area contributed by atoms with Crippen molar-refractivity contribution in [3.63, 3.8) is 0 Å². The summed E-state index contributed by atoms with van der Waals surface area (Å²) in [5.74, 6) is 1.28. The fraction of sp³-hybridized carbons (Fsp3) is 0. The van der Waals surface area contributed by atoms with Gasteiger partial charge in [0.05, 0.1) is 49.2 Å². The summed E-state index contributed by atoms with van der Waals surface area (Å²) < 4.78 is 5.61. The van der Waals surface area contributed by atoms with Crippen LogP contribution in [-0.2, 0) is 0 Å². The van der Waals surface area contributed by atoms with Gasteiger partial charge in [-0.15, -0.1) is 11.3 Å². The van der Waals surface area contributed by atoms with E-state index in [2.05, 4.69) is 252 Å². The molecular weight excluding hydrogens is 933 g/mol. The molecule has 348 valence electrons. The zero-order chi connectivity index (χ0) is 49.1. The van der Waals surface area contributed by atoms with Crippen molar-refractivity contribution in [3.8, 4) is 56.0 Å². The highest BCUT2D eigenvalue weighted by Crippen LogP contribution is 2.44. The molecule has 7 heteroatoms. The first kappa shape index (κ1) is 41.8. The first-order valence-corrected chi connectivity index (χ1v) is 26.1. The van der Waals surface area contributed by atoms with Crippen molar-refractivity contribution in [2.45, 2.75) is 0 Å². The zero-order valence-electron chi connectivity index (χ0n) is 40.2. The molecule has 0 aliphatic rings. The summed E-state index contributed by atoms with van der Waals surface area (Å²) in [5.41, 5.74) is 13.4. The van der Waals surface area contributed by atoms with Crippen LogP contribution in [0.15, 0.2) is 243 Å². The molecular formula is C68H40N6S. The second kappa shape index (κ2) is 16.3. The van der Waals surface area contributed by atoms with Crippen LogP contribution < -0.4 is 0 Å². The molecule has 0 radical (unpaired) electrons. The number of nitrogens with zero attached hydrogens (tertiary/aromatic N) is 6. The highest BCUT2D eigenvalue weighted by atomic mass is 32.1. The van der Waals surface area contributed by atoms with E-state index < -0.39 is 0 Å². The van der Waals surface area contributed by atoms with Gasteiger partial charge in [-0.1, -0.05) is 188 Å². The minimum Gasteiger partial charge on any atom is -0.278 e. The number of aromatic nitrogens is 6. The normalized spacial score (nSPS) is 12.0. The second-order valence-corrected chi connectivity index (χ2v) is 20.4. The topological polar surface area (TPSA) is 61.4 Å². The van der Waals surface area contributed by atoms with E-state index in [1.54, 1.807) is 11.3 Å². The van der Waals surface area contributed by atoms with E-state index >= 15 is 0 Å². The summed E-state index contributed by atoms with van der Waals surface area (Å²) >= 11 is 1.75. The lowest BCUT2D eigenvalue weighted by Gasteiger charge is -2.13. The fourth-order valence-corrected chi connectivity index (χ4v) is 12.7. The Kier molecular flexibility index (Phi) is 9.10. The SMILES string of the molecule is c1ccc(-c2cc3nc(-n4c5ccc(-c6ccc7c(c6)c6c8ccccc8ccc6n7-c6nc(-c7ccccc7)c7ccc8ccccc8c7n6)cc5c5cc6ccccc6cc54)nc(-c4ccccc4)c3s2)cc1. The van der Waals surface area contributed by atoms with Crippen molar-refractivity contribution < 1.29 is 0 Å². The monoisotopic (exact) mass is 972 g/mol. The van der Waals surface area contributed by atoms with Gasteiger partial charge < -0.3 is 0 Å². The number of hydrogen-bond acceptors (Lipinski definition) is 5. The molecule has 0 saturated heterocycles. The summed E-state index contributed by atoms with van der Waals surface area (Å²) in [6, 6.07) is 86.9. The smallest absolute Gasteiger partial charge is 0.235 e. The van der Waals surface area contributed by atoms with Gasteiger partial charge in [-0.3, -0.25) is 9.13 Å². The zero-order valence-corrected chi connectivity index (χ0v) is 41.0. The van der Waals surface area contributed by atoms with Crippen molar-refractivity contribution in [1.82, 2.24) is 29.1 Å². The van der Waals surface area contributed by atoms with Crippen molar-refractivity contribution >= 4 is 108 Å². The molecule has 0 aliphatic carbocycles. The molecule has 11 aromatic carbocycles. The van der Waals surface area contributed by atoms with E-state index in [4.69, 9.17) is 19.9 Å². The van der Waals surface area contributed by atoms with E-state index in [1.165, 1.54) is 27.1 Å². The molecule has 0 aliphatic heterocycles. The van der Waals surface area contributed by atoms with Gasteiger partial charge in [-0.05, 0) is 98.2 Å². The second-order valence-electron chi connectivity index (χ2n) is 19.4. The molecule has 0 amide bonds. The van der Waals surface area contributed by atoms with Gasteiger partial charge in [0, 0.05) is 48.3 Å². The minimum atomic E-state index is 0.636. The number of fused-ring (bicyclic) bond motifs is 13. The molecule has 16 rings (SSSR count). The van der Waals surface area contributed by atoms with E-state index in [9.17, 15) is 0 Å². The lowest BCUT2D eigenvalue weighted by atomic mass is 9.98. The van der Waals surface area contributed by atoms with Gasteiger partial charge in [-0.2, -0.15) is 0 Å². The number of benzene rings is 11. The molecule has 5 heterocycles. The van der Waals surface area contributed by atoms with Crippen LogP contribution >= 0.6 is 11.3 Å². The molecule has 75 heavy (non-hydrogen) atoms. The third kappa shape index (κ3) is 6.51. The van der Waals surface area contributed by atoms with E-state index in [0.717, 1.165) is 114 Å². The Morgan fingerprint density at radius 1 is 0.293 bits per heavy atom. The predicted octanol–water partition coefficient (Wildman–Crippen LogP) is 18.0. The van der Waals surface area contributed by atoms with Crippen LogP contribution in [0, 0.1) is 0 Å². The summed E-state index contributed by atoms with van der Waals surface area (Å²) in [4.78, 5) is 23.1. The predicted molar refractivity (Wildman–Crippen MR) is 313 cm³/mol. The molecule has 0 fully saturated rings. The maximum absolute atomic E-state index is 5.50. The largest absolute Gasteiger partial charge is 0.278 e. The molecule has 0 N–H and O–H groups in total. The quantitative estimate of drug-likeness (QED) is 0.156. The highest BCUT2D eigenvalue weighted by Gasteiger charge is 2.23. The lowest BCUT2D eigenvalue weighted by molar-refractivity contribution is 1.02. The standard InChI is InChI=1S/C68H40N6S/c1-4-18-43(19-5-1)61-40-56-66(75-61)64(45-22-8-3-9-23-45)71-67(69-56)74-57-33-30-48(37-53(57)54-36-46-24-10-11-25-47(46)39-60(54)74)49-31-34-58-55(38-49)62-50-26-14-12-16-41(50)29-35-59(62)73(58)68-70-63(44-20-6-2-7-21-44)52-32-28-42-17-13-15-27-51(42)65(52)72-68/h1-40H. The van der Waals surface area contributed by atoms with Crippen molar-refractivity contribution in [2.24, 2.45) is 0 Å². The van der Waals surface area contributed by atoms with Gasteiger partial charge in [0.2, 0.25) is 11.9 Å². The Morgan fingerprint density at radius 2 is 0.813 bits per heavy atom. The van der Waals surface area contributed by atoms with Gasteiger partial charge in [-0.25, -0.2) is 19.9 Å². The molecule has 5 aromatic heterocycles. The summed E-state index contributed by atoms with van der Waals surface area (Å²) in [5, 5.41) is 12.6. The first-order chi connectivity index (χ1) is 37.2. The number of thiophene rings is 1. The molecule has 6 nitrogen and oxygen atoms in total. The first-order valence-electron chi connectivity index (χ1n) is 25.3. The molecule has 0 bridgehead atoms. The van der Waals surface area contributed by atoms with E-state index in [1.807, 2.05) is 0 Å². The molecule has 0 atom stereocenters. The Morgan fingerprint density at radius 3 is 1.55 bits per heavy atom. The third-order valence-electron chi connectivity index (χ3n) is 15.1. The highest BCUT2D eigenvalue weighted by molar-refractivity contribution is 7.22. The fourth-order valence-electron chi connectivity index (χ4n) is 11.6. The van der Waals surface area contributed by atoms with Crippen LogP contribution in [-0.4, -0.2) is 29.1 Å². The Hall–Kier alpha value is -9.82. The number of hydrogen-bond donors (Lipinski definition) is 0. The average Bonchev–Trinajstić information content (AvgIpc) is 4.21. The molecule has 0 saturated carbocycles. The Labute approximate surface area is 433 Å². The van der Waals surface area contributed by atoms with Gasteiger partial charge in [0.15, 0.2) is 0 Å². The van der Waals surface area contributed by atoms with E-state index in [-0.39, 0.29) is 0 Å². The van der Waals surface area contributed by atoms with Crippen LogP contribution in [0.1, 0.15) is 0 Å². The van der Waals surface area contributed by atoms with Crippen LogP contribution in [0.3, 0.4) is 0 Å². The Bertz CT molecular complexity index is 5000. The minimum absolute atomic E-state index is 0.636. The summed E-state index contributed by atoms with van der Waals surface area (Å²) in [7, 11) is 0. The van der Waals surface area contributed by atoms with Crippen LogP contribution in [0.5, 0.6) is 0 Å². The maximum atomic E-state index is 5.50. The Balaban J connectivity index is 0.930. The van der Waals surface area contributed by atoms with Gasteiger partial charge in [0.1, 0.15) is 0 Å². The molecule has 16 aromatic rings. The van der Waals surface area contributed by atoms with Crippen molar-refractivity contribution in [1.29, 1.82) is 0 Å². The van der Waals surface area contributed by atoms with Gasteiger partial charge >= 0.3 is 0 Å². The average molecular weight is 973 g/mol. The van der Waals surface area contributed by atoms with Crippen molar-refractivity contribution in [2.75, 3.05) is 0 Å². The number of rotatable bonds is 6. The molecule has 0 spiro atoms. The van der Waals surface area contributed by atoms with Gasteiger partial charge in [0.25, 0.3) is 0 Å². The summed E-state index contributed by atoms with van der Waals surface area (Å²) in [6.45, 7) is 0. The molecule has 0 unspecified atom stereocenters. The third-order valence-corrected chi connectivity index (χ3v) is 16.3.